The van der Waals surface area contributed by atoms with E-state index in [9.17, 15) is 0 Å². The second-order valence-corrected chi connectivity index (χ2v) is 6.30. The van der Waals surface area contributed by atoms with Crippen LogP contribution in [-0.2, 0) is 11.3 Å². The first-order chi connectivity index (χ1) is 12.1. The third-order valence-electron chi connectivity index (χ3n) is 4.23. The lowest BCUT2D eigenvalue weighted by Crippen LogP contribution is -2.07. The highest BCUT2D eigenvalue weighted by molar-refractivity contribution is 6.31. The minimum atomic E-state index is 0.671. The molecule has 3 rings (SSSR count). The van der Waals surface area contributed by atoms with Crippen LogP contribution in [0.2, 0.25) is 5.02 Å². The number of rotatable bonds is 6. The molecular weight excluding hydrogens is 336 g/mol. The number of halogens is 1. The van der Waals surface area contributed by atoms with Gasteiger partial charge in [-0.2, -0.15) is 5.10 Å². The molecule has 25 heavy (non-hydrogen) atoms. The summed E-state index contributed by atoms with van der Waals surface area (Å²) in [6, 6.07) is 9.66. The molecule has 0 saturated heterocycles. The zero-order valence-electron chi connectivity index (χ0n) is 14.6. The molecule has 1 N–H and O–H groups in total. The molecule has 0 aliphatic rings. The minimum absolute atomic E-state index is 0.671. The summed E-state index contributed by atoms with van der Waals surface area (Å²) in [4.78, 5) is 4.34. The fourth-order valence-corrected chi connectivity index (χ4v) is 3.04. The van der Waals surface area contributed by atoms with Gasteiger partial charge in [-0.3, -0.25) is 10.4 Å². The van der Waals surface area contributed by atoms with Crippen LogP contribution in [0.5, 0.6) is 0 Å². The highest BCUT2D eigenvalue weighted by atomic mass is 35.5. The van der Waals surface area contributed by atoms with Gasteiger partial charge in [-0.15, -0.1) is 0 Å². The van der Waals surface area contributed by atoms with Crippen molar-refractivity contribution in [1.29, 1.82) is 0 Å². The molecular formula is C19H21ClN4O. The van der Waals surface area contributed by atoms with E-state index >= 15 is 0 Å². The van der Waals surface area contributed by atoms with Gasteiger partial charge in [0.2, 0.25) is 0 Å². The van der Waals surface area contributed by atoms with Crippen molar-refractivity contribution < 1.29 is 4.74 Å². The number of hydrogen-bond acceptors (Lipinski definition) is 4. The van der Waals surface area contributed by atoms with Crippen molar-refractivity contribution in [3.05, 3.63) is 58.5 Å². The number of anilines is 1. The maximum absolute atomic E-state index is 6.02. The van der Waals surface area contributed by atoms with Crippen LogP contribution in [0, 0.1) is 13.8 Å². The lowest BCUT2D eigenvalue weighted by molar-refractivity contribution is 0.186. The first-order valence-corrected chi connectivity index (χ1v) is 8.47. The van der Waals surface area contributed by atoms with E-state index in [4.69, 9.17) is 16.3 Å². The zero-order chi connectivity index (χ0) is 17.8. The van der Waals surface area contributed by atoms with Crippen LogP contribution in [0.25, 0.3) is 10.9 Å². The Balaban J connectivity index is 1.80. The molecule has 0 radical (unpaired) electrons. The Morgan fingerprint density at radius 2 is 2.12 bits per heavy atom. The van der Waals surface area contributed by atoms with E-state index in [1.807, 2.05) is 30.5 Å². The quantitative estimate of drug-likeness (QED) is 0.526. The van der Waals surface area contributed by atoms with Crippen LogP contribution in [0.15, 0.2) is 41.6 Å². The van der Waals surface area contributed by atoms with E-state index in [0.29, 0.717) is 11.6 Å². The van der Waals surface area contributed by atoms with Crippen molar-refractivity contribution >= 4 is 34.4 Å². The monoisotopic (exact) mass is 356 g/mol. The van der Waals surface area contributed by atoms with Gasteiger partial charge in [0.05, 0.1) is 24.0 Å². The van der Waals surface area contributed by atoms with E-state index in [2.05, 4.69) is 40.0 Å². The summed E-state index contributed by atoms with van der Waals surface area (Å²) < 4.78 is 7.40. The number of nitrogens with one attached hydrogen (secondary N) is 1. The van der Waals surface area contributed by atoms with Crippen LogP contribution in [0.3, 0.4) is 0 Å². The van der Waals surface area contributed by atoms with Crippen molar-refractivity contribution in [2.45, 2.75) is 20.4 Å². The molecule has 5 nitrogen and oxygen atoms in total. The lowest BCUT2D eigenvalue weighted by atomic mass is 10.2. The Hall–Kier alpha value is -2.37. The molecule has 0 amide bonds. The number of fused-ring (bicyclic) bond motifs is 1. The second kappa shape index (κ2) is 7.68. The van der Waals surface area contributed by atoms with E-state index in [1.165, 1.54) is 11.4 Å². The number of nitrogens with zero attached hydrogens (tertiary/aromatic N) is 3. The van der Waals surface area contributed by atoms with Crippen LogP contribution < -0.4 is 5.43 Å². The summed E-state index contributed by atoms with van der Waals surface area (Å²) in [6.45, 7) is 5.71. The predicted octanol–water partition coefficient (Wildman–Crippen LogP) is 4.40. The summed E-state index contributed by atoms with van der Waals surface area (Å²) in [5.74, 6) is 0. The largest absolute Gasteiger partial charge is 0.383 e. The van der Waals surface area contributed by atoms with Crippen molar-refractivity contribution in [2.75, 3.05) is 19.1 Å². The molecule has 0 aliphatic heterocycles. The molecule has 6 heteroatoms. The number of aryl methyl sites for hydroxylation is 1. The van der Waals surface area contributed by atoms with Crippen LogP contribution >= 0.6 is 11.6 Å². The third kappa shape index (κ3) is 3.83. The van der Waals surface area contributed by atoms with Crippen molar-refractivity contribution in [3.8, 4) is 0 Å². The van der Waals surface area contributed by atoms with E-state index in [-0.39, 0.29) is 0 Å². The molecule has 0 atom stereocenters. The topological polar surface area (TPSA) is 51.4 Å². The summed E-state index contributed by atoms with van der Waals surface area (Å²) in [7, 11) is 1.71. The smallest absolute Gasteiger partial charge is 0.0738 e. The molecule has 0 fully saturated rings. The SMILES string of the molecule is COCCn1c(C)cc(C=NNc2ccnc3cc(Cl)ccc23)c1C. The van der Waals surface area contributed by atoms with Crippen molar-refractivity contribution in [3.63, 3.8) is 0 Å². The summed E-state index contributed by atoms with van der Waals surface area (Å²) >= 11 is 6.02. The van der Waals surface area contributed by atoms with Crippen molar-refractivity contribution in [1.82, 2.24) is 9.55 Å². The van der Waals surface area contributed by atoms with Gasteiger partial charge in [0.25, 0.3) is 0 Å². The van der Waals surface area contributed by atoms with Gasteiger partial charge in [-0.25, -0.2) is 0 Å². The normalized spacial score (nSPS) is 11.5. The molecule has 0 bridgehead atoms. The van der Waals surface area contributed by atoms with E-state index < -0.39 is 0 Å². The number of ether oxygens (including phenoxy) is 1. The average molecular weight is 357 g/mol. The first-order valence-electron chi connectivity index (χ1n) is 8.09. The van der Waals surface area contributed by atoms with Gasteiger partial charge < -0.3 is 9.30 Å². The summed E-state index contributed by atoms with van der Waals surface area (Å²) in [5.41, 5.74) is 8.29. The van der Waals surface area contributed by atoms with E-state index in [1.54, 1.807) is 13.3 Å². The van der Waals surface area contributed by atoms with Crippen molar-refractivity contribution in [2.24, 2.45) is 5.10 Å². The molecule has 3 aromatic rings. The molecule has 130 valence electrons. The Bertz CT molecular complexity index is 917. The maximum Gasteiger partial charge on any atom is 0.0738 e. The number of hydrazone groups is 1. The number of pyridine rings is 1. The van der Waals surface area contributed by atoms with Gasteiger partial charge in [0.15, 0.2) is 0 Å². The molecule has 2 aromatic heterocycles. The first kappa shape index (κ1) is 17.5. The fraction of sp³-hybridized carbons (Fsp3) is 0.263. The molecule has 0 spiro atoms. The second-order valence-electron chi connectivity index (χ2n) is 5.86. The molecule has 1 aromatic carbocycles. The van der Waals surface area contributed by atoms with Crippen LogP contribution in [0.1, 0.15) is 17.0 Å². The van der Waals surface area contributed by atoms with Gasteiger partial charge in [0.1, 0.15) is 0 Å². The third-order valence-corrected chi connectivity index (χ3v) is 4.46. The van der Waals surface area contributed by atoms with Gasteiger partial charge in [-0.05, 0) is 44.2 Å². The number of methoxy groups -OCH3 is 1. The number of aromatic nitrogens is 2. The average Bonchev–Trinajstić information content (AvgIpc) is 2.86. The van der Waals surface area contributed by atoms with Gasteiger partial charge in [0, 0.05) is 47.2 Å². The van der Waals surface area contributed by atoms with Crippen LogP contribution in [-0.4, -0.2) is 29.5 Å². The lowest BCUT2D eigenvalue weighted by Gasteiger charge is -2.08. The molecule has 0 aliphatic carbocycles. The van der Waals surface area contributed by atoms with Gasteiger partial charge >= 0.3 is 0 Å². The summed E-state index contributed by atoms with van der Waals surface area (Å²) in [6.07, 6.45) is 3.58. The Kier molecular flexibility index (Phi) is 5.36. The summed E-state index contributed by atoms with van der Waals surface area (Å²) in [5, 5.41) is 6.05. The van der Waals surface area contributed by atoms with Gasteiger partial charge in [-0.1, -0.05) is 11.6 Å². The highest BCUT2D eigenvalue weighted by Gasteiger charge is 2.07. The highest BCUT2D eigenvalue weighted by Crippen LogP contribution is 2.24. The zero-order valence-corrected chi connectivity index (χ0v) is 15.3. The molecule has 0 saturated carbocycles. The Labute approximate surface area is 152 Å². The van der Waals surface area contributed by atoms with Crippen LogP contribution in [0.4, 0.5) is 5.69 Å². The number of hydrogen-bond donors (Lipinski definition) is 1. The predicted molar refractivity (Wildman–Crippen MR) is 104 cm³/mol. The Morgan fingerprint density at radius 3 is 2.92 bits per heavy atom. The standard InChI is InChI=1S/C19H21ClN4O/c1-13-10-15(14(2)24(13)8-9-25-3)12-22-23-18-6-7-21-19-11-16(20)4-5-17(18)19/h4-7,10-12H,8-9H2,1-3H3,(H,21,23). The molecule has 0 unspecified atom stereocenters. The fourth-order valence-electron chi connectivity index (χ4n) is 2.88. The molecule has 2 heterocycles. The van der Waals surface area contributed by atoms with E-state index in [0.717, 1.165) is 28.7 Å². The number of benzene rings is 1. The Morgan fingerprint density at radius 1 is 1.28 bits per heavy atom. The minimum Gasteiger partial charge on any atom is -0.383 e. The maximum atomic E-state index is 6.02.